The first-order valence-electron chi connectivity index (χ1n) is 13.2. The predicted octanol–water partition coefficient (Wildman–Crippen LogP) is 6.47. The molecule has 0 radical (unpaired) electrons. The van der Waals surface area contributed by atoms with E-state index in [0.29, 0.717) is 49.7 Å². The van der Waals surface area contributed by atoms with Gasteiger partial charge in [-0.15, -0.1) is 0 Å². The molecule has 0 unspecified atom stereocenters. The number of carbonyl (C=O) groups is 2. The molecule has 0 bridgehead atoms. The minimum absolute atomic E-state index is 0.138. The summed E-state index contributed by atoms with van der Waals surface area (Å²) in [5, 5.41) is 5.55. The molecule has 12 heteroatoms. The van der Waals surface area contributed by atoms with Gasteiger partial charge in [-0.2, -0.15) is 5.10 Å². The summed E-state index contributed by atoms with van der Waals surface area (Å²) in [6.45, 7) is 5.95. The van der Waals surface area contributed by atoms with Gasteiger partial charge in [0.05, 0.1) is 38.3 Å². The second-order valence-electron chi connectivity index (χ2n) is 10.9. The van der Waals surface area contributed by atoms with E-state index in [2.05, 4.69) is 4.98 Å². The highest BCUT2D eigenvalue weighted by molar-refractivity contribution is 6.34. The first-order chi connectivity index (χ1) is 20.4. The molecule has 2 aromatic carbocycles. The maximum Gasteiger partial charge on any atom is 0.338 e. The zero-order valence-electron chi connectivity index (χ0n) is 24.7. The number of carbonyl (C=O) groups excluding carboxylic acids is 2. The Morgan fingerprint density at radius 3 is 2.26 bits per heavy atom. The summed E-state index contributed by atoms with van der Waals surface area (Å²) in [6, 6.07) is 11.8. The van der Waals surface area contributed by atoms with Crippen molar-refractivity contribution in [3.63, 3.8) is 0 Å². The fourth-order valence-electron chi connectivity index (χ4n) is 4.69. The second kappa shape index (κ2) is 11.4. The molecule has 1 amide bonds. The van der Waals surface area contributed by atoms with Gasteiger partial charge in [0.1, 0.15) is 18.1 Å². The lowest BCUT2D eigenvalue weighted by Crippen LogP contribution is -2.42. The number of benzene rings is 2. The van der Waals surface area contributed by atoms with Crippen LogP contribution in [0.2, 0.25) is 10.0 Å². The molecule has 1 aliphatic heterocycles. The maximum atomic E-state index is 13.8. The van der Waals surface area contributed by atoms with Gasteiger partial charge in [0.25, 0.3) is 5.91 Å². The third-order valence-electron chi connectivity index (χ3n) is 7.21. The zero-order chi connectivity index (χ0) is 31.2. The van der Waals surface area contributed by atoms with Gasteiger partial charge in [0.2, 0.25) is 5.88 Å². The summed E-state index contributed by atoms with van der Waals surface area (Å²) in [5.41, 5.74) is 3.43. The quantitative estimate of drug-likeness (QED) is 0.225. The van der Waals surface area contributed by atoms with Crippen LogP contribution in [0, 0.1) is 0 Å². The summed E-state index contributed by atoms with van der Waals surface area (Å²) < 4.78 is 23.9. The Morgan fingerprint density at radius 2 is 1.65 bits per heavy atom. The van der Waals surface area contributed by atoms with Crippen LogP contribution >= 0.6 is 23.2 Å². The lowest BCUT2D eigenvalue weighted by Gasteiger charge is -2.31. The first kappa shape index (κ1) is 30.2. The number of fused-ring (bicyclic) bond motifs is 3. The number of aromatic nitrogens is 3. The Hall–Kier alpha value is -4.28. The highest BCUT2D eigenvalue weighted by Gasteiger charge is 2.35. The number of ether oxygens (including phenoxy) is 4. The molecule has 10 nitrogen and oxygen atoms in total. The van der Waals surface area contributed by atoms with E-state index < -0.39 is 11.5 Å². The van der Waals surface area contributed by atoms with Crippen LogP contribution in [0.1, 0.15) is 47.2 Å². The summed E-state index contributed by atoms with van der Waals surface area (Å²) in [6.07, 6.45) is 0. The Kier molecular flexibility index (Phi) is 8.02. The predicted molar refractivity (Wildman–Crippen MR) is 163 cm³/mol. The summed E-state index contributed by atoms with van der Waals surface area (Å²) in [5.74, 6) is 0.165. The third-order valence-corrected chi connectivity index (χ3v) is 7.64. The summed E-state index contributed by atoms with van der Waals surface area (Å²) in [7, 11) is 6.02. The lowest BCUT2D eigenvalue weighted by molar-refractivity contribution is 0.0598. The van der Waals surface area contributed by atoms with Crippen molar-refractivity contribution in [1.29, 1.82) is 0 Å². The number of methoxy groups -OCH3 is 3. The average Bonchev–Trinajstić information content (AvgIpc) is 3.38. The highest BCUT2D eigenvalue weighted by Crippen LogP contribution is 2.46. The van der Waals surface area contributed by atoms with E-state index in [0.717, 1.165) is 5.56 Å². The van der Waals surface area contributed by atoms with Crippen LogP contribution < -0.4 is 14.2 Å². The minimum atomic E-state index is -0.545. The Morgan fingerprint density at radius 1 is 0.953 bits per heavy atom. The van der Waals surface area contributed by atoms with Gasteiger partial charge in [0.15, 0.2) is 11.4 Å². The molecule has 0 atom stereocenters. The van der Waals surface area contributed by atoms with Crippen molar-refractivity contribution in [2.45, 2.75) is 32.9 Å². The van der Waals surface area contributed by atoms with E-state index in [1.807, 2.05) is 32.9 Å². The molecule has 3 heterocycles. The molecule has 0 spiro atoms. The minimum Gasteiger partial charge on any atom is -0.496 e. The van der Waals surface area contributed by atoms with Crippen LogP contribution in [-0.4, -0.2) is 65.5 Å². The molecule has 0 saturated heterocycles. The standard InChI is InChI=1S/C31H30Cl2N4O6/c1-31(2,3)36(4)29(38)26-28-27(37(35-26)20-12-18(32)11-19(33)13-20)21-14-22(24(40-5)9-17(21)15-43-28)23-8-16(30(39)42-7)10-25(34-23)41-6/h8-14H,15H2,1-7H3. The van der Waals surface area contributed by atoms with Gasteiger partial charge in [-0.25, -0.2) is 14.5 Å². The molecule has 0 fully saturated rings. The van der Waals surface area contributed by atoms with Crippen LogP contribution in [0.25, 0.3) is 28.2 Å². The smallest absolute Gasteiger partial charge is 0.338 e. The van der Waals surface area contributed by atoms with Crippen LogP contribution in [0.5, 0.6) is 17.4 Å². The number of rotatable bonds is 6. The molecule has 0 N–H and O–H groups in total. The molecule has 1 aliphatic rings. The van der Waals surface area contributed by atoms with E-state index in [1.165, 1.54) is 20.3 Å². The molecule has 43 heavy (non-hydrogen) atoms. The Labute approximate surface area is 259 Å². The SMILES string of the molecule is COC(=O)c1cc(OC)nc(-c2cc3c(cc2OC)COc2c(C(=O)N(C)C(C)(C)C)nn(-c4cc(Cl)cc(Cl)c4)c2-3)c1. The van der Waals surface area contributed by atoms with E-state index in [1.54, 1.807) is 48.0 Å². The fraction of sp³-hybridized carbons (Fsp3) is 0.290. The van der Waals surface area contributed by atoms with Crippen LogP contribution in [-0.2, 0) is 11.3 Å². The normalized spacial score (nSPS) is 12.1. The molecule has 0 saturated carbocycles. The molecule has 0 aliphatic carbocycles. The van der Waals surface area contributed by atoms with Crippen LogP contribution in [0.4, 0.5) is 0 Å². The molecular weight excluding hydrogens is 595 g/mol. The molecule has 2 aromatic heterocycles. The van der Waals surface area contributed by atoms with Gasteiger partial charge in [0, 0.05) is 45.4 Å². The van der Waals surface area contributed by atoms with E-state index >= 15 is 0 Å². The van der Waals surface area contributed by atoms with Crippen molar-refractivity contribution in [2.75, 3.05) is 28.4 Å². The van der Waals surface area contributed by atoms with Crippen molar-refractivity contribution < 1.29 is 28.5 Å². The van der Waals surface area contributed by atoms with Crippen molar-refractivity contribution in [3.8, 4) is 45.6 Å². The van der Waals surface area contributed by atoms with Gasteiger partial charge in [-0.3, -0.25) is 4.79 Å². The number of esters is 1. The van der Waals surface area contributed by atoms with Gasteiger partial charge in [-0.05, 0) is 57.2 Å². The Bertz CT molecular complexity index is 1740. The second-order valence-corrected chi connectivity index (χ2v) is 11.7. The summed E-state index contributed by atoms with van der Waals surface area (Å²) >= 11 is 12.8. The largest absolute Gasteiger partial charge is 0.496 e. The van der Waals surface area contributed by atoms with E-state index in [-0.39, 0.29) is 29.7 Å². The lowest BCUT2D eigenvalue weighted by atomic mass is 9.95. The average molecular weight is 626 g/mol. The van der Waals surface area contributed by atoms with Crippen LogP contribution in [0.15, 0.2) is 42.5 Å². The van der Waals surface area contributed by atoms with Gasteiger partial charge < -0.3 is 23.8 Å². The number of halogens is 2. The maximum absolute atomic E-state index is 13.8. The van der Waals surface area contributed by atoms with Crippen molar-refractivity contribution in [2.24, 2.45) is 0 Å². The van der Waals surface area contributed by atoms with Crippen molar-refractivity contribution in [1.82, 2.24) is 19.7 Å². The summed E-state index contributed by atoms with van der Waals surface area (Å²) in [4.78, 5) is 32.4. The molecular formula is C31H30Cl2N4O6. The van der Waals surface area contributed by atoms with Gasteiger partial charge in [-0.1, -0.05) is 23.2 Å². The number of nitrogens with zero attached hydrogens (tertiary/aromatic N) is 4. The van der Waals surface area contributed by atoms with Crippen LogP contribution in [0.3, 0.4) is 0 Å². The first-order valence-corrected chi connectivity index (χ1v) is 14.0. The van der Waals surface area contributed by atoms with E-state index in [4.69, 9.17) is 47.2 Å². The van der Waals surface area contributed by atoms with E-state index in [9.17, 15) is 9.59 Å². The monoisotopic (exact) mass is 624 g/mol. The third kappa shape index (κ3) is 5.60. The number of hydrogen-bond acceptors (Lipinski definition) is 8. The van der Waals surface area contributed by atoms with Gasteiger partial charge >= 0.3 is 5.97 Å². The zero-order valence-corrected chi connectivity index (χ0v) is 26.3. The number of hydrogen-bond donors (Lipinski definition) is 0. The Balaban J connectivity index is 1.80. The number of amides is 1. The molecule has 224 valence electrons. The topological polar surface area (TPSA) is 105 Å². The van der Waals surface area contributed by atoms with Crippen molar-refractivity contribution >= 4 is 35.1 Å². The number of pyridine rings is 1. The fourth-order valence-corrected chi connectivity index (χ4v) is 5.21. The highest BCUT2D eigenvalue weighted by atomic mass is 35.5. The molecule has 4 aromatic rings. The van der Waals surface area contributed by atoms with Crippen molar-refractivity contribution in [3.05, 3.63) is 69.3 Å². The molecule has 5 rings (SSSR count).